The molecule has 0 bridgehead atoms. The average Bonchev–Trinajstić information content (AvgIpc) is 3.17. The predicted octanol–water partition coefficient (Wildman–Crippen LogP) is 13.9. The molecule has 0 saturated carbocycles. The lowest BCUT2D eigenvalue weighted by atomic mass is 9.84. The van der Waals surface area contributed by atoms with E-state index in [1.165, 1.54) is 104 Å². The highest BCUT2D eigenvalue weighted by Crippen LogP contribution is 2.46. The third kappa shape index (κ3) is 4.24. The molecule has 0 heterocycles. The second-order valence-corrected chi connectivity index (χ2v) is 13.2. The molecule has 0 unspecified atom stereocenters. The number of hydrogen-bond donors (Lipinski definition) is 0. The van der Waals surface area contributed by atoms with Crippen LogP contribution in [0.3, 0.4) is 0 Å². The van der Waals surface area contributed by atoms with E-state index >= 15 is 0 Å². The van der Waals surface area contributed by atoms with Crippen LogP contribution >= 0.6 is 0 Å². The lowest BCUT2D eigenvalue weighted by Crippen LogP contribution is -1.92. The Balaban J connectivity index is 1.20. The molecule has 49 heavy (non-hydrogen) atoms. The van der Waals surface area contributed by atoms with Crippen LogP contribution in [-0.4, -0.2) is 0 Å². The van der Waals surface area contributed by atoms with Crippen molar-refractivity contribution in [2.75, 3.05) is 0 Å². The zero-order valence-electron chi connectivity index (χ0n) is 27.2. The van der Waals surface area contributed by atoms with Crippen LogP contribution in [0.4, 0.5) is 0 Å². The van der Waals surface area contributed by atoms with E-state index in [0.29, 0.717) is 0 Å². The number of benzene rings is 10. The maximum atomic E-state index is 2.39. The van der Waals surface area contributed by atoms with E-state index < -0.39 is 0 Å². The van der Waals surface area contributed by atoms with Gasteiger partial charge in [0.2, 0.25) is 0 Å². The first-order valence-electron chi connectivity index (χ1n) is 17.1. The lowest BCUT2D eigenvalue weighted by Gasteiger charge is -2.19. The normalized spacial score (nSPS) is 11.8. The Bertz CT molecular complexity index is 2820. The molecule has 0 aromatic heterocycles. The highest BCUT2D eigenvalue weighted by molar-refractivity contribution is 6.24. The van der Waals surface area contributed by atoms with Crippen molar-refractivity contribution in [3.05, 3.63) is 181 Å². The second-order valence-electron chi connectivity index (χ2n) is 13.2. The van der Waals surface area contributed by atoms with Crippen molar-refractivity contribution in [3.8, 4) is 33.4 Å². The van der Waals surface area contributed by atoms with Crippen LogP contribution in [0.1, 0.15) is 5.56 Å². The summed E-state index contributed by atoms with van der Waals surface area (Å²) < 4.78 is 0. The quantitative estimate of drug-likeness (QED) is 0.172. The number of rotatable bonds is 3. The third-order valence-electron chi connectivity index (χ3n) is 10.6. The van der Waals surface area contributed by atoms with Gasteiger partial charge in [-0.05, 0) is 123 Å². The summed E-state index contributed by atoms with van der Waals surface area (Å²) in [7, 11) is 0. The van der Waals surface area contributed by atoms with E-state index in [0.717, 1.165) is 0 Å². The van der Waals surface area contributed by atoms with Gasteiger partial charge < -0.3 is 0 Å². The van der Waals surface area contributed by atoms with E-state index in [1.807, 2.05) is 0 Å². The van der Waals surface area contributed by atoms with Crippen molar-refractivity contribution in [2.24, 2.45) is 0 Å². The summed E-state index contributed by atoms with van der Waals surface area (Å²) in [6.07, 6.45) is 0. The fourth-order valence-electron chi connectivity index (χ4n) is 8.39. The van der Waals surface area contributed by atoms with Crippen molar-refractivity contribution < 1.29 is 0 Å². The standard InChI is InChI=1S/C49H32/c1-31-37-15-4-6-18-40(37)47(41-19-7-5-16-38(31)41)35-27-25-34-30-36(28-26-33(34)29-35)48-43-20-8-10-22-45(43)49(46-23-11-9-21-44(46)48)42-24-12-14-32-13-2-3-17-39(32)42/h2-30H,1H3. The van der Waals surface area contributed by atoms with E-state index in [2.05, 4.69) is 183 Å². The molecule has 10 rings (SSSR count). The van der Waals surface area contributed by atoms with Gasteiger partial charge in [-0.25, -0.2) is 0 Å². The Morgan fingerprint density at radius 1 is 0.265 bits per heavy atom. The molecule has 10 aromatic rings. The molecular weight excluding hydrogens is 589 g/mol. The van der Waals surface area contributed by atoms with Crippen LogP contribution in [-0.2, 0) is 0 Å². The van der Waals surface area contributed by atoms with Crippen LogP contribution in [0.25, 0.3) is 98.0 Å². The minimum absolute atomic E-state index is 1.24. The highest BCUT2D eigenvalue weighted by Gasteiger charge is 2.18. The summed E-state index contributed by atoms with van der Waals surface area (Å²) in [5.41, 5.74) is 9.01. The molecule has 0 aliphatic carbocycles. The Hall–Kier alpha value is -6.24. The zero-order chi connectivity index (χ0) is 32.5. The SMILES string of the molecule is Cc1c2ccccc2c(-c2ccc3cc(-c4c5ccccc5c(-c5cccc6ccccc56)c5ccccc45)ccc3c2)c2ccccc12. The van der Waals surface area contributed by atoms with Gasteiger partial charge in [0.05, 0.1) is 0 Å². The Labute approximate surface area is 285 Å². The molecule has 228 valence electrons. The van der Waals surface area contributed by atoms with Gasteiger partial charge in [0, 0.05) is 0 Å². The van der Waals surface area contributed by atoms with E-state index in [-0.39, 0.29) is 0 Å². The number of fused-ring (bicyclic) bond motifs is 6. The van der Waals surface area contributed by atoms with Crippen molar-refractivity contribution in [2.45, 2.75) is 6.92 Å². The predicted molar refractivity (Wildman–Crippen MR) is 213 cm³/mol. The van der Waals surface area contributed by atoms with Gasteiger partial charge in [-0.15, -0.1) is 0 Å². The van der Waals surface area contributed by atoms with Gasteiger partial charge >= 0.3 is 0 Å². The number of hydrogen-bond acceptors (Lipinski definition) is 0. The molecule has 0 radical (unpaired) electrons. The van der Waals surface area contributed by atoms with Crippen LogP contribution in [0.15, 0.2) is 176 Å². The molecule has 0 aliphatic heterocycles. The van der Waals surface area contributed by atoms with Gasteiger partial charge in [0.1, 0.15) is 0 Å². The van der Waals surface area contributed by atoms with Gasteiger partial charge in [-0.3, -0.25) is 0 Å². The smallest absolute Gasteiger partial charge is 0.00201 e. The molecule has 0 atom stereocenters. The summed E-state index contributed by atoms with van der Waals surface area (Å²) in [6.45, 7) is 2.25. The molecule has 0 saturated heterocycles. The fourth-order valence-corrected chi connectivity index (χ4v) is 8.39. The summed E-state index contributed by atoms with van der Waals surface area (Å²) in [5.74, 6) is 0. The van der Waals surface area contributed by atoms with Crippen LogP contribution in [0.2, 0.25) is 0 Å². The lowest BCUT2D eigenvalue weighted by molar-refractivity contribution is 1.58. The van der Waals surface area contributed by atoms with Gasteiger partial charge in [-0.2, -0.15) is 0 Å². The maximum Gasteiger partial charge on any atom is -0.00201 e. The number of aryl methyl sites for hydroxylation is 1. The van der Waals surface area contributed by atoms with Crippen molar-refractivity contribution >= 4 is 64.6 Å². The molecule has 0 aliphatic rings. The maximum absolute atomic E-state index is 2.39. The van der Waals surface area contributed by atoms with Gasteiger partial charge in [0.15, 0.2) is 0 Å². The van der Waals surface area contributed by atoms with E-state index in [9.17, 15) is 0 Å². The molecule has 0 fully saturated rings. The van der Waals surface area contributed by atoms with Crippen molar-refractivity contribution in [1.82, 2.24) is 0 Å². The minimum Gasteiger partial charge on any atom is -0.0616 e. The first kappa shape index (κ1) is 27.8. The highest BCUT2D eigenvalue weighted by atomic mass is 14.2. The van der Waals surface area contributed by atoms with Crippen molar-refractivity contribution in [1.29, 1.82) is 0 Å². The van der Waals surface area contributed by atoms with E-state index in [1.54, 1.807) is 0 Å². The Morgan fingerprint density at radius 2 is 0.633 bits per heavy atom. The molecule has 0 amide bonds. The summed E-state index contributed by atoms with van der Waals surface area (Å²) >= 11 is 0. The van der Waals surface area contributed by atoms with Gasteiger partial charge in [-0.1, -0.05) is 164 Å². The van der Waals surface area contributed by atoms with E-state index in [4.69, 9.17) is 0 Å². The summed E-state index contributed by atoms with van der Waals surface area (Å²) in [4.78, 5) is 0. The topological polar surface area (TPSA) is 0 Å². The molecule has 0 N–H and O–H groups in total. The molecule has 0 nitrogen and oxygen atoms in total. The van der Waals surface area contributed by atoms with Gasteiger partial charge in [0.25, 0.3) is 0 Å². The molecule has 0 heteroatoms. The zero-order valence-corrected chi connectivity index (χ0v) is 27.2. The fraction of sp³-hybridized carbons (Fsp3) is 0.0204. The van der Waals surface area contributed by atoms with Crippen LogP contribution in [0.5, 0.6) is 0 Å². The largest absolute Gasteiger partial charge is 0.0616 e. The summed E-state index contributed by atoms with van der Waals surface area (Å²) in [5, 5.41) is 15.4. The Morgan fingerprint density at radius 3 is 1.12 bits per heavy atom. The minimum atomic E-state index is 1.24. The first-order valence-corrected chi connectivity index (χ1v) is 17.1. The Kier molecular flexibility index (Phi) is 6.19. The first-order chi connectivity index (χ1) is 24.2. The second kappa shape index (κ2) is 10.9. The van der Waals surface area contributed by atoms with Crippen LogP contribution in [0, 0.1) is 6.92 Å². The summed E-state index contributed by atoms with van der Waals surface area (Å²) in [6, 6.07) is 65.0. The molecular formula is C49H32. The third-order valence-corrected chi connectivity index (χ3v) is 10.6. The van der Waals surface area contributed by atoms with Crippen molar-refractivity contribution in [3.63, 3.8) is 0 Å². The van der Waals surface area contributed by atoms with Crippen LogP contribution < -0.4 is 0 Å². The monoisotopic (exact) mass is 620 g/mol. The average molecular weight is 621 g/mol. The molecule has 10 aromatic carbocycles. The molecule has 0 spiro atoms.